The Morgan fingerprint density at radius 1 is 1.12 bits per heavy atom. The Morgan fingerprint density at radius 2 is 1.69 bits per heavy atom. The molecule has 1 aromatic carbocycles. The summed E-state index contributed by atoms with van der Waals surface area (Å²) in [5.74, 6) is 0.106. The largest absolute Gasteiger partial charge is 0.314 e. The lowest BCUT2D eigenvalue weighted by atomic mass is 10.1. The summed E-state index contributed by atoms with van der Waals surface area (Å²) in [5, 5.41) is 0. The van der Waals surface area contributed by atoms with E-state index in [9.17, 15) is 4.79 Å². The van der Waals surface area contributed by atoms with E-state index in [2.05, 4.69) is 19.1 Å². The van der Waals surface area contributed by atoms with E-state index in [0.717, 1.165) is 12.1 Å². The fourth-order valence-electron chi connectivity index (χ4n) is 1.48. The molecule has 0 bridgehead atoms. The molecular formula is C13H20N2O. The van der Waals surface area contributed by atoms with Gasteiger partial charge in [-0.2, -0.15) is 0 Å². The number of rotatable bonds is 4. The van der Waals surface area contributed by atoms with E-state index < -0.39 is 0 Å². The average Bonchev–Trinajstić information content (AvgIpc) is 2.27. The highest BCUT2D eigenvalue weighted by atomic mass is 16.2. The van der Waals surface area contributed by atoms with Crippen molar-refractivity contribution < 1.29 is 4.79 Å². The van der Waals surface area contributed by atoms with Gasteiger partial charge in [0.15, 0.2) is 0 Å². The molecule has 0 N–H and O–H groups in total. The lowest BCUT2D eigenvalue weighted by Crippen LogP contribution is -2.34. The van der Waals surface area contributed by atoms with Crippen molar-refractivity contribution in [3.63, 3.8) is 0 Å². The van der Waals surface area contributed by atoms with Gasteiger partial charge in [-0.15, -0.1) is 0 Å². The van der Waals surface area contributed by atoms with Gasteiger partial charge >= 0.3 is 0 Å². The number of nitrogens with zero attached hydrogens (tertiary/aromatic N) is 2. The van der Waals surface area contributed by atoms with Crippen LogP contribution in [0.3, 0.4) is 0 Å². The zero-order chi connectivity index (χ0) is 12.1. The van der Waals surface area contributed by atoms with E-state index in [0.29, 0.717) is 6.54 Å². The molecule has 0 spiro atoms. The van der Waals surface area contributed by atoms with Gasteiger partial charge in [-0.1, -0.05) is 19.1 Å². The van der Waals surface area contributed by atoms with Crippen molar-refractivity contribution in [3.8, 4) is 0 Å². The number of amides is 1. The number of hydrogen-bond donors (Lipinski definition) is 0. The molecule has 3 heteroatoms. The van der Waals surface area contributed by atoms with Crippen molar-refractivity contribution in [2.45, 2.75) is 13.3 Å². The number of hydrogen-bond acceptors (Lipinski definition) is 2. The smallest absolute Gasteiger partial charge is 0.240 e. The number of likely N-dealkylation sites (N-methyl/N-ethyl adjacent to an activating group) is 2. The van der Waals surface area contributed by atoms with Crippen LogP contribution in [0.25, 0.3) is 0 Å². The molecule has 0 saturated heterocycles. The van der Waals surface area contributed by atoms with Crippen molar-refractivity contribution >= 4 is 11.6 Å². The third-order valence-corrected chi connectivity index (χ3v) is 2.56. The molecule has 1 aromatic rings. The van der Waals surface area contributed by atoms with Crippen LogP contribution in [0.15, 0.2) is 24.3 Å². The Balaban J connectivity index is 2.72. The van der Waals surface area contributed by atoms with Gasteiger partial charge in [-0.3, -0.25) is 4.79 Å². The molecule has 0 fully saturated rings. The molecule has 1 amide bonds. The van der Waals surface area contributed by atoms with Crippen LogP contribution in [-0.4, -0.2) is 38.5 Å². The maximum Gasteiger partial charge on any atom is 0.240 e. The second-order valence-corrected chi connectivity index (χ2v) is 4.21. The first-order chi connectivity index (χ1) is 7.54. The first kappa shape index (κ1) is 12.7. The monoisotopic (exact) mass is 220 g/mol. The summed E-state index contributed by atoms with van der Waals surface area (Å²) in [7, 11) is 5.60. The summed E-state index contributed by atoms with van der Waals surface area (Å²) < 4.78 is 0. The summed E-state index contributed by atoms with van der Waals surface area (Å²) >= 11 is 0. The lowest BCUT2D eigenvalue weighted by molar-refractivity contribution is -0.118. The first-order valence-electron chi connectivity index (χ1n) is 5.54. The fraction of sp³-hybridized carbons (Fsp3) is 0.462. The zero-order valence-corrected chi connectivity index (χ0v) is 10.5. The Bertz CT molecular complexity index is 343. The Kier molecular flexibility index (Phi) is 4.50. The van der Waals surface area contributed by atoms with Crippen molar-refractivity contribution in [2.24, 2.45) is 0 Å². The fourth-order valence-corrected chi connectivity index (χ4v) is 1.48. The molecule has 0 unspecified atom stereocenters. The van der Waals surface area contributed by atoms with E-state index in [1.54, 1.807) is 4.90 Å². The van der Waals surface area contributed by atoms with E-state index >= 15 is 0 Å². The molecule has 0 radical (unpaired) electrons. The Morgan fingerprint density at radius 3 is 2.12 bits per heavy atom. The first-order valence-corrected chi connectivity index (χ1v) is 5.54. The molecule has 0 aliphatic carbocycles. The average molecular weight is 220 g/mol. The molecule has 0 aliphatic heterocycles. The number of carbonyl (C=O) groups excluding carboxylic acids is 1. The predicted molar refractivity (Wildman–Crippen MR) is 67.8 cm³/mol. The second-order valence-electron chi connectivity index (χ2n) is 4.21. The number of anilines is 1. The topological polar surface area (TPSA) is 23.6 Å². The molecule has 88 valence electrons. The van der Waals surface area contributed by atoms with Gasteiger partial charge in [0.05, 0.1) is 6.54 Å². The highest BCUT2D eigenvalue weighted by Crippen LogP contribution is 2.14. The van der Waals surface area contributed by atoms with Crippen molar-refractivity contribution in [1.29, 1.82) is 0 Å². The third kappa shape index (κ3) is 3.35. The highest BCUT2D eigenvalue weighted by molar-refractivity contribution is 5.94. The van der Waals surface area contributed by atoms with Gasteiger partial charge in [0.2, 0.25) is 5.91 Å². The highest BCUT2D eigenvalue weighted by Gasteiger charge is 2.11. The third-order valence-electron chi connectivity index (χ3n) is 2.56. The van der Waals surface area contributed by atoms with Crippen LogP contribution < -0.4 is 4.90 Å². The van der Waals surface area contributed by atoms with Crippen LogP contribution in [0.4, 0.5) is 5.69 Å². The Labute approximate surface area is 97.7 Å². The summed E-state index contributed by atoms with van der Waals surface area (Å²) in [6.07, 6.45) is 1.02. The predicted octanol–water partition coefficient (Wildman–Crippen LogP) is 1.77. The zero-order valence-electron chi connectivity index (χ0n) is 10.5. The SMILES string of the molecule is CCc1ccc(N(C)C(=O)CN(C)C)cc1. The summed E-state index contributed by atoms with van der Waals surface area (Å²) in [4.78, 5) is 15.4. The number of carbonyl (C=O) groups is 1. The Hall–Kier alpha value is -1.35. The molecular weight excluding hydrogens is 200 g/mol. The molecule has 0 saturated carbocycles. The maximum atomic E-state index is 11.8. The van der Waals surface area contributed by atoms with E-state index in [4.69, 9.17) is 0 Å². The molecule has 0 aromatic heterocycles. The molecule has 3 nitrogen and oxygen atoms in total. The van der Waals surface area contributed by atoms with Gasteiger partial charge in [-0.25, -0.2) is 0 Å². The minimum absolute atomic E-state index is 0.106. The lowest BCUT2D eigenvalue weighted by Gasteiger charge is -2.19. The second kappa shape index (κ2) is 5.66. The van der Waals surface area contributed by atoms with Crippen LogP contribution in [0.1, 0.15) is 12.5 Å². The minimum Gasteiger partial charge on any atom is -0.314 e. The van der Waals surface area contributed by atoms with Crippen LogP contribution >= 0.6 is 0 Å². The van der Waals surface area contributed by atoms with E-state index in [1.807, 2.05) is 38.2 Å². The van der Waals surface area contributed by atoms with Crippen molar-refractivity contribution in [2.75, 3.05) is 32.6 Å². The summed E-state index contributed by atoms with van der Waals surface area (Å²) in [5.41, 5.74) is 2.24. The molecule has 16 heavy (non-hydrogen) atoms. The van der Waals surface area contributed by atoms with Crippen LogP contribution in [0.5, 0.6) is 0 Å². The van der Waals surface area contributed by atoms with Gasteiger partial charge in [-0.05, 0) is 38.2 Å². The van der Waals surface area contributed by atoms with Crippen LogP contribution in [-0.2, 0) is 11.2 Å². The number of aryl methyl sites for hydroxylation is 1. The van der Waals surface area contributed by atoms with Gasteiger partial charge in [0.1, 0.15) is 0 Å². The quantitative estimate of drug-likeness (QED) is 0.772. The molecule has 1 rings (SSSR count). The molecule has 0 aliphatic rings. The van der Waals surface area contributed by atoms with E-state index in [1.165, 1.54) is 5.56 Å². The molecule has 0 atom stereocenters. The maximum absolute atomic E-state index is 11.8. The molecule has 0 heterocycles. The van der Waals surface area contributed by atoms with Crippen molar-refractivity contribution in [1.82, 2.24) is 4.90 Å². The normalized spacial score (nSPS) is 10.6. The van der Waals surface area contributed by atoms with Crippen molar-refractivity contribution in [3.05, 3.63) is 29.8 Å². The van der Waals surface area contributed by atoms with Crippen LogP contribution in [0.2, 0.25) is 0 Å². The standard InChI is InChI=1S/C13H20N2O/c1-5-11-6-8-12(9-7-11)15(4)13(16)10-14(2)3/h6-9H,5,10H2,1-4H3. The summed E-state index contributed by atoms with van der Waals surface area (Å²) in [6, 6.07) is 8.11. The number of benzene rings is 1. The van der Waals surface area contributed by atoms with Gasteiger partial charge in [0, 0.05) is 12.7 Å². The van der Waals surface area contributed by atoms with Gasteiger partial charge < -0.3 is 9.80 Å². The van der Waals surface area contributed by atoms with Crippen LogP contribution in [0, 0.1) is 0 Å². The van der Waals surface area contributed by atoms with Gasteiger partial charge in [0.25, 0.3) is 0 Å². The van der Waals surface area contributed by atoms with E-state index in [-0.39, 0.29) is 5.91 Å². The minimum atomic E-state index is 0.106. The summed E-state index contributed by atoms with van der Waals surface area (Å²) in [6.45, 7) is 2.56.